The molecule has 0 bridgehead atoms. The molecule has 0 spiro atoms. The van der Waals surface area contributed by atoms with E-state index in [0.717, 1.165) is 37.7 Å². The first-order valence-corrected chi connectivity index (χ1v) is 7.42. The molecule has 3 rings (SSSR count). The predicted octanol–water partition coefficient (Wildman–Crippen LogP) is 2.94. The third-order valence-corrected chi connectivity index (χ3v) is 3.98. The number of halogens is 1. The molecule has 0 saturated carbocycles. The van der Waals surface area contributed by atoms with Crippen molar-refractivity contribution in [3.63, 3.8) is 0 Å². The molecule has 1 saturated heterocycles. The number of aldehydes is 1. The van der Waals surface area contributed by atoms with Crippen LogP contribution in [-0.2, 0) is 11.3 Å². The quantitative estimate of drug-likeness (QED) is 0.813. The van der Waals surface area contributed by atoms with Crippen molar-refractivity contribution in [2.24, 2.45) is 0 Å². The Morgan fingerprint density at radius 1 is 1.33 bits per heavy atom. The Kier molecular flexibility index (Phi) is 4.31. The Hall–Kier alpha value is -1.72. The van der Waals surface area contributed by atoms with Gasteiger partial charge in [0.2, 0.25) is 11.7 Å². The van der Waals surface area contributed by atoms with E-state index in [-0.39, 0.29) is 6.04 Å². The van der Waals surface area contributed by atoms with Gasteiger partial charge in [-0.25, -0.2) is 0 Å². The molecular weight excluding hydrogens is 290 g/mol. The summed E-state index contributed by atoms with van der Waals surface area (Å²) in [6.45, 7) is 1.41. The van der Waals surface area contributed by atoms with E-state index in [9.17, 15) is 4.79 Å². The average Bonchev–Trinajstić information content (AvgIpc) is 2.97. The Bertz CT molecular complexity index is 612. The third kappa shape index (κ3) is 3.31. The van der Waals surface area contributed by atoms with Gasteiger partial charge in [-0.2, -0.15) is 4.98 Å². The van der Waals surface area contributed by atoms with Crippen LogP contribution in [0.3, 0.4) is 0 Å². The zero-order valence-electron chi connectivity index (χ0n) is 11.5. The van der Waals surface area contributed by atoms with Gasteiger partial charge in [0.05, 0.1) is 12.6 Å². The molecule has 1 aromatic carbocycles. The number of piperidine rings is 1. The van der Waals surface area contributed by atoms with Gasteiger partial charge in [0.15, 0.2) is 0 Å². The van der Waals surface area contributed by atoms with Crippen molar-refractivity contribution in [2.75, 3.05) is 6.54 Å². The molecule has 1 atom stereocenters. The summed E-state index contributed by atoms with van der Waals surface area (Å²) in [6.07, 6.45) is 4.11. The standard InChI is InChI=1S/C15H16ClN3O2/c16-12-6-4-11(5-7-12)15-17-14(21-18-15)9-19-8-2-1-3-13(19)10-20/h4-7,10,13H,1-3,8-9H2. The van der Waals surface area contributed by atoms with Gasteiger partial charge in [-0.05, 0) is 43.7 Å². The van der Waals surface area contributed by atoms with Crippen LogP contribution in [0.4, 0.5) is 0 Å². The lowest BCUT2D eigenvalue weighted by Crippen LogP contribution is -2.39. The lowest BCUT2D eigenvalue weighted by Gasteiger charge is -2.30. The summed E-state index contributed by atoms with van der Waals surface area (Å²) in [4.78, 5) is 17.6. The minimum absolute atomic E-state index is 0.0374. The maximum Gasteiger partial charge on any atom is 0.241 e. The van der Waals surface area contributed by atoms with Gasteiger partial charge in [0.25, 0.3) is 0 Å². The van der Waals surface area contributed by atoms with E-state index < -0.39 is 0 Å². The highest BCUT2D eigenvalue weighted by atomic mass is 35.5. The summed E-state index contributed by atoms with van der Waals surface area (Å²) >= 11 is 5.86. The number of aromatic nitrogens is 2. The molecule has 0 aliphatic carbocycles. The Balaban J connectivity index is 1.72. The van der Waals surface area contributed by atoms with Gasteiger partial charge >= 0.3 is 0 Å². The molecule has 2 heterocycles. The zero-order valence-corrected chi connectivity index (χ0v) is 12.3. The summed E-state index contributed by atoms with van der Waals surface area (Å²) in [7, 11) is 0. The first-order chi connectivity index (χ1) is 10.3. The maximum atomic E-state index is 11.1. The first-order valence-electron chi connectivity index (χ1n) is 7.04. The molecule has 2 aromatic rings. The Labute approximate surface area is 127 Å². The second-order valence-electron chi connectivity index (χ2n) is 5.19. The van der Waals surface area contributed by atoms with Crippen LogP contribution in [0.5, 0.6) is 0 Å². The summed E-state index contributed by atoms with van der Waals surface area (Å²) in [6, 6.07) is 7.25. The van der Waals surface area contributed by atoms with E-state index in [1.54, 1.807) is 12.1 Å². The molecule has 21 heavy (non-hydrogen) atoms. The first kappa shape index (κ1) is 14.2. The molecule has 6 heteroatoms. The SMILES string of the molecule is O=CC1CCCCN1Cc1nc(-c2ccc(Cl)cc2)no1. The fraction of sp³-hybridized carbons (Fsp3) is 0.400. The van der Waals surface area contributed by atoms with Crippen LogP contribution in [0.25, 0.3) is 11.4 Å². The third-order valence-electron chi connectivity index (χ3n) is 3.73. The smallest absolute Gasteiger partial charge is 0.241 e. The van der Waals surface area contributed by atoms with Gasteiger partial charge in [0, 0.05) is 10.6 Å². The van der Waals surface area contributed by atoms with Crippen molar-refractivity contribution in [1.82, 2.24) is 15.0 Å². The van der Waals surface area contributed by atoms with Crippen LogP contribution in [0.1, 0.15) is 25.2 Å². The number of hydrogen-bond donors (Lipinski definition) is 0. The number of carbonyl (C=O) groups excluding carboxylic acids is 1. The van der Waals surface area contributed by atoms with Gasteiger partial charge < -0.3 is 9.32 Å². The largest absolute Gasteiger partial charge is 0.338 e. The molecule has 0 radical (unpaired) electrons. The van der Waals surface area contributed by atoms with Crippen LogP contribution < -0.4 is 0 Å². The second kappa shape index (κ2) is 6.37. The van der Waals surface area contributed by atoms with E-state index in [0.29, 0.717) is 23.3 Å². The molecule has 0 amide bonds. The summed E-state index contributed by atoms with van der Waals surface area (Å²) in [5, 5.41) is 4.66. The molecule has 5 nitrogen and oxygen atoms in total. The van der Waals surface area contributed by atoms with Crippen molar-refractivity contribution in [2.45, 2.75) is 31.8 Å². The van der Waals surface area contributed by atoms with Crippen molar-refractivity contribution in [3.05, 3.63) is 35.2 Å². The molecular formula is C15H16ClN3O2. The fourth-order valence-electron chi connectivity index (χ4n) is 2.58. The van der Waals surface area contributed by atoms with Gasteiger partial charge in [-0.1, -0.05) is 23.2 Å². The Morgan fingerprint density at radius 2 is 2.14 bits per heavy atom. The van der Waals surface area contributed by atoms with Crippen molar-refractivity contribution in [3.8, 4) is 11.4 Å². The van der Waals surface area contributed by atoms with Crippen molar-refractivity contribution >= 4 is 17.9 Å². The predicted molar refractivity (Wildman–Crippen MR) is 78.9 cm³/mol. The molecule has 1 aliphatic rings. The summed E-state index contributed by atoms with van der Waals surface area (Å²) in [5.74, 6) is 1.08. The normalized spacial score (nSPS) is 19.6. The number of benzene rings is 1. The van der Waals surface area contributed by atoms with Crippen LogP contribution >= 0.6 is 11.6 Å². The number of rotatable bonds is 4. The van der Waals surface area contributed by atoms with Crippen molar-refractivity contribution in [1.29, 1.82) is 0 Å². The minimum Gasteiger partial charge on any atom is -0.338 e. The monoisotopic (exact) mass is 305 g/mol. The molecule has 110 valence electrons. The van der Waals surface area contributed by atoms with Crippen LogP contribution in [0.15, 0.2) is 28.8 Å². The Morgan fingerprint density at radius 3 is 2.90 bits per heavy atom. The molecule has 0 N–H and O–H groups in total. The van der Waals surface area contributed by atoms with Gasteiger partial charge in [0.1, 0.15) is 6.29 Å². The number of hydrogen-bond acceptors (Lipinski definition) is 5. The number of nitrogens with zero attached hydrogens (tertiary/aromatic N) is 3. The average molecular weight is 306 g/mol. The highest BCUT2D eigenvalue weighted by Gasteiger charge is 2.23. The van der Waals surface area contributed by atoms with Crippen molar-refractivity contribution < 1.29 is 9.32 Å². The number of likely N-dealkylation sites (tertiary alicyclic amines) is 1. The fourth-order valence-corrected chi connectivity index (χ4v) is 2.70. The minimum atomic E-state index is -0.0374. The van der Waals surface area contributed by atoms with Gasteiger partial charge in [-0.15, -0.1) is 0 Å². The van der Waals surface area contributed by atoms with E-state index >= 15 is 0 Å². The highest BCUT2D eigenvalue weighted by Crippen LogP contribution is 2.21. The van der Waals surface area contributed by atoms with E-state index in [1.165, 1.54) is 0 Å². The molecule has 1 aromatic heterocycles. The van der Waals surface area contributed by atoms with E-state index in [4.69, 9.17) is 16.1 Å². The van der Waals surface area contributed by atoms with E-state index in [2.05, 4.69) is 15.0 Å². The van der Waals surface area contributed by atoms with Gasteiger partial charge in [-0.3, -0.25) is 4.90 Å². The second-order valence-corrected chi connectivity index (χ2v) is 5.62. The van der Waals surface area contributed by atoms with E-state index in [1.807, 2.05) is 12.1 Å². The summed E-state index contributed by atoms with van der Waals surface area (Å²) in [5.41, 5.74) is 0.861. The molecule has 1 fully saturated rings. The zero-order chi connectivity index (χ0) is 14.7. The maximum absolute atomic E-state index is 11.1. The van der Waals surface area contributed by atoms with Crippen LogP contribution in [0.2, 0.25) is 5.02 Å². The molecule has 1 unspecified atom stereocenters. The lowest BCUT2D eigenvalue weighted by molar-refractivity contribution is -0.113. The summed E-state index contributed by atoms with van der Waals surface area (Å²) < 4.78 is 5.29. The highest BCUT2D eigenvalue weighted by molar-refractivity contribution is 6.30. The topological polar surface area (TPSA) is 59.2 Å². The number of carbonyl (C=O) groups is 1. The molecule has 1 aliphatic heterocycles. The van der Waals surface area contributed by atoms with Crippen LogP contribution in [0, 0.1) is 0 Å². The van der Waals surface area contributed by atoms with Crippen LogP contribution in [-0.4, -0.2) is 33.9 Å². The lowest BCUT2D eigenvalue weighted by atomic mass is 10.0.